The number of hydrogen-bond donors (Lipinski definition) is 4. The van der Waals surface area contributed by atoms with Crippen LogP contribution < -0.4 is 16.8 Å². The van der Waals surface area contributed by atoms with Crippen molar-refractivity contribution >= 4 is 27.5 Å². The van der Waals surface area contributed by atoms with Crippen molar-refractivity contribution < 1.29 is 9.90 Å². The van der Waals surface area contributed by atoms with Gasteiger partial charge in [-0.3, -0.25) is 4.79 Å². The molecule has 2 unspecified atom stereocenters. The monoisotopic (exact) mass is 301 g/mol. The first-order valence-electron chi connectivity index (χ1n) is 5.18. The molecule has 0 spiro atoms. The van der Waals surface area contributed by atoms with Gasteiger partial charge < -0.3 is 21.9 Å². The Morgan fingerprint density at radius 3 is 2.76 bits per heavy atom. The van der Waals surface area contributed by atoms with Crippen LogP contribution in [0.4, 0.5) is 5.69 Å². The third kappa shape index (κ3) is 3.99. The molecule has 0 aliphatic heterocycles. The topological polar surface area (TPSA) is 101 Å². The minimum Gasteiger partial charge on any atom is -0.392 e. The Morgan fingerprint density at radius 2 is 2.24 bits per heavy atom. The highest BCUT2D eigenvalue weighted by Gasteiger charge is 2.12. The molecule has 1 rings (SSSR count). The molecular formula is C11H16BrN3O2. The third-order valence-corrected chi connectivity index (χ3v) is 2.89. The summed E-state index contributed by atoms with van der Waals surface area (Å²) in [6.45, 7) is 1.97. The highest BCUT2D eigenvalue weighted by atomic mass is 79.9. The van der Waals surface area contributed by atoms with Crippen LogP contribution in [0, 0.1) is 0 Å². The molecule has 6 heteroatoms. The van der Waals surface area contributed by atoms with E-state index in [0.29, 0.717) is 17.8 Å². The highest BCUT2D eigenvalue weighted by Crippen LogP contribution is 2.20. The summed E-state index contributed by atoms with van der Waals surface area (Å²) in [6, 6.07) is 4.76. The number of nitrogens with two attached hydrogens (primary N) is 2. The van der Waals surface area contributed by atoms with Crippen LogP contribution in [-0.2, 0) is 0 Å². The molecule has 1 aromatic rings. The maximum atomic E-state index is 11.2. The number of nitrogens with one attached hydrogen (secondary N) is 1. The van der Waals surface area contributed by atoms with Gasteiger partial charge in [-0.25, -0.2) is 0 Å². The number of halogens is 1. The van der Waals surface area contributed by atoms with Crippen molar-refractivity contribution in [2.75, 3.05) is 11.9 Å². The maximum Gasteiger partial charge on any atom is 0.250 e. The lowest BCUT2D eigenvalue weighted by molar-refractivity contribution is 0.100. The van der Waals surface area contributed by atoms with Gasteiger partial charge in [-0.2, -0.15) is 0 Å². The van der Waals surface area contributed by atoms with Crippen molar-refractivity contribution in [2.45, 2.75) is 19.1 Å². The normalized spacial score (nSPS) is 14.1. The largest absolute Gasteiger partial charge is 0.392 e. The minimum absolute atomic E-state index is 0.361. The van der Waals surface area contributed by atoms with Gasteiger partial charge in [-0.1, -0.05) is 15.9 Å². The molecule has 0 radical (unpaired) electrons. The van der Waals surface area contributed by atoms with Gasteiger partial charge in [0.1, 0.15) is 0 Å². The second kappa shape index (κ2) is 6.00. The number of carbonyl (C=O) groups excluding carboxylic acids is 1. The van der Waals surface area contributed by atoms with Gasteiger partial charge >= 0.3 is 0 Å². The van der Waals surface area contributed by atoms with Crippen LogP contribution in [0.15, 0.2) is 22.7 Å². The second-order valence-corrected chi connectivity index (χ2v) is 4.76. The molecule has 0 heterocycles. The van der Waals surface area contributed by atoms with E-state index in [-0.39, 0.29) is 0 Å². The van der Waals surface area contributed by atoms with E-state index in [2.05, 4.69) is 21.2 Å². The van der Waals surface area contributed by atoms with Crippen LogP contribution in [-0.4, -0.2) is 29.7 Å². The zero-order valence-corrected chi connectivity index (χ0v) is 11.1. The van der Waals surface area contributed by atoms with E-state index in [4.69, 9.17) is 11.5 Å². The summed E-state index contributed by atoms with van der Waals surface area (Å²) in [7, 11) is 0. The Bertz CT molecular complexity index is 410. The van der Waals surface area contributed by atoms with Gasteiger partial charge in [-0.15, -0.1) is 0 Å². The summed E-state index contributed by atoms with van der Waals surface area (Å²) >= 11 is 3.27. The number of anilines is 1. The molecule has 1 amide bonds. The summed E-state index contributed by atoms with van der Waals surface area (Å²) < 4.78 is 0.775. The lowest BCUT2D eigenvalue weighted by Crippen LogP contribution is -2.39. The van der Waals surface area contributed by atoms with Crippen molar-refractivity contribution in [1.29, 1.82) is 0 Å². The predicted molar refractivity (Wildman–Crippen MR) is 70.8 cm³/mol. The summed E-state index contributed by atoms with van der Waals surface area (Å²) in [5.41, 5.74) is 11.9. The molecule has 0 fully saturated rings. The molecule has 0 aliphatic carbocycles. The van der Waals surface area contributed by atoms with Crippen LogP contribution in [0.2, 0.25) is 0 Å². The Labute approximate surface area is 108 Å². The van der Waals surface area contributed by atoms with Crippen molar-refractivity contribution in [3.8, 4) is 0 Å². The fourth-order valence-corrected chi connectivity index (χ4v) is 1.63. The van der Waals surface area contributed by atoms with E-state index >= 15 is 0 Å². The van der Waals surface area contributed by atoms with E-state index in [1.165, 1.54) is 0 Å². The predicted octanol–water partition coefficient (Wildman–Crippen LogP) is 0.668. The van der Waals surface area contributed by atoms with Crippen LogP contribution in [0.3, 0.4) is 0 Å². The average Bonchev–Trinajstić information content (AvgIpc) is 2.26. The first kappa shape index (κ1) is 14.0. The van der Waals surface area contributed by atoms with E-state index in [1.54, 1.807) is 25.1 Å². The van der Waals surface area contributed by atoms with Gasteiger partial charge in [0.15, 0.2) is 0 Å². The highest BCUT2D eigenvalue weighted by molar-refractivity contribution is 9.10. The Balaban J connectivity index is 2.80. The molecular weight excluding hydrogens is 286 g/mol. The van der Waals surface area contributed by atoms with Crippen LogP contribution in [0.1, 0.15) is 17.3 Å². The van der Waals surface area contributed by atoms with Gasteiger partial charge in [0.2, 0.25) is 0 Å². The van der Waals surface area contributed by atoms with Crippen molar-refractivity contribution in [2.24, 2.45) is 11.5 Å². The standard InChI is InChI=1S/C11H16BrN3O2/c1-6(16)9(13)5-15-10-3-2-7(12)4-8(10)11(14)17/h2-4,6,9,15-16H,5,13H2,1H3,(H2,14,17). The summed E-state index contributed by atoms with van der Waals surface area (Å²) in [4.78, 5) is 11.2. The third-order valence-electron chi connectivity index (χ3n) is 2.39. The van der Waals surface area contributed by atoms with E-state index in [0.717, 1.165) is 4.47 Å². The molecule has 6 N–H and O–H groups in total. The first-order chi connectivity index (χ1) is 7.91. The number of rotatable bonds is 5. The van der Waals surface area contributed by atoms with Gasteiger partial charge in [0, 0.05) is 22.7 Å². The Morgan fingerprint density at radius 1 is 1.59 bits per heavy atom. The smallest absolute Gasteiger partial charge is 0.250 e. The number of primary amides is 1. The van der Waals surface area contributed by atoms with Crippen LogP contribution in [0.5, 0.6) is 0 Å². The number of aliphatic hydroxyl groups is 1. The summed E-state index contributed by atoms with van der Waals surface area (Å²) in [5, 5.41) is 12.3. The van der Waals surface area contributed by atoms with Crippen molar-refractivity contribution in [3.05, 3.63) is 28.2 Å². The Hall–Kier alpha value is -1.11. The van der Waals surface area contributed by atoms with Gasteiger partial charge in [-0.05, 0) is 25.1 Å². The molecule has 5 nitrogen and oxygen atoms in total. The lowest BCUT2D eigenvalue weighted by atomic mass is 10.1. The fourth-order valence-electron chi connectivity index (χ4n) is 1.27. The quantitative estimate of drug-likeness (QED) is 0.642. The zero-order chi connectivity index (χ0) is 13.0. The Kier molecular flexibility index (Phi) is 4.92. The lowest BCUT2D eigenvalue weighted by Gasteiger charge is -2.17. The van der Waals surface area contributed by atoms with E-state index in [1.807, 2.05) is 0 Å². The molecule has 0 bridgehead atoms. The maximum absolute atomic E-state index is 11.2. The number of amides is 1. The fraction of sp³-hybridized carbons (Fsp3) is 0.364. The molecule has 17 heavy (non-hydrogen) atoms. The van der Waals surface area contributed by atoms with Gasteiger partial charge in [0.25, 0.3) is 5.91 Å². The SMILES string of the molecule is CC(O)C(N)CNc1ccc(Br)cc1C(N)=O. The number of carbonyl (C=O) groups is 1. The molecule has 2 atom stereocenters. The summed E-state index contributed by atoms with van der Waals surface area (Å²) in [6.07, 6.45) is -0.616. The number of hydrogen-bond acceptors (Lipinski definition) is 4. The molecule has 0 saturated heterocycles. The first-order valence-corrected chi connectivity index (χ1v) is 5.98. The van der Waals surface area contributed by atoms with Crippen molar-refractivity contribution in [1.82, 2.24) is 0 Å². The number of benzene rings is 1. The summed E-state index contributed by atoms with van der Waals surface area (Å²) in [5.74, 6) is -0.514. The molecule has 1 aromatic carbocycles. The van der Waals surface area contributed by atoms with Gasteiger partial charge in [0.05, 0.1) is 11.7 Å². The second-order valence-electron chi connectivity index (χ2n) is 3.84. The number of aliphatic hydroxyl groups excluding tert-OH is 1. The molecule has 94 valence electrons. The zero-order valence-electron chi connectivity index (χ0n) is 9.48. The van der Waals surface area contributed by atoms with Crippen LogP contribution in [0.25, 0.3) is 0 Å². The molecule has 0 aliphatic rings. The molecule has 0 saturated carbocycles. The van der Waals surface area contributed by atoms with E-state index in [9.17, 15) is 9.90 Å². The van der Waals surface area contributed by atoms with Crippen molar-refractivity contribution in [3.63, 3.8) is 0 Å². The van der Waals surface area contributed by atoms with E-state index < -0.39 is 18.1 Å². The minimum atomic E-state index is -0.616. The average molecular weight is 302 g/mol. The molecule has 0 aromatic heterocycles. The van der Waals surface area contributed by atoms with Crippen LogP contribution >= 0.6 is 15.9 Å².